The topological polar surface area (TPSA) is 29.3 Å². The lowest BCUT2D eigenvalue weighted by Crippen LogP contribution is -2.38. The highest BCUT2D eigenvalue weighted by Gasteiger charge is 2.10. The third-order valence-corrected chi connectivity index (χ3v) is 2.86. The summed E-state index contributed by atoms with van der Waals surface area (Å²) < 4.78 is 2.88. The molecule has 0 amide bonds. The van der Waals surface area contributed by atoms with Crippen molar-refractivity contribution in [2.45, 2.75) is 6.92 Å². The van der Waals surface area contributed by atoms with Gasteiger partial charge in [0, 0.05) is 11.8 Å². The molecule has 0 bridgehead atoms. The van der Waals surface area contributed by atoms with E-state index in [9.17, 15) is 0 Å². The second kappa shape index (κ2) is 4.37. The molecule has 0 spiro atoms. The summed E-state index contributed by atoms with van der Waals surface area (Å²) >= 11 is 0. The van der Waals surface area contributed by atoms with Crippen LogP contribution in [0.1, 0.15) is 5.56 Å². The third kappa shape index (κ3) is 2.77. The predicted molar refractivity (Wildman–Crippen MR) is 71.3 cm³/mol. The first kappa shape index (κ1) is 11.9. The molecule has 1 N–H and O–H groups in total. The molecule has 0 fully saturated rings. The Morgan fingerprint density at radius 2 is 2.06 bits per heavy atom. The van der Waals surface area contributed by atoms with Crippen LogP contribution < -0.4 is 5.32 Å². The fraction of sp³-hybridized carbons (Fsp3) is 0.462. The zero-order chi connectivity index (χ0) is 12.5. The van der Waals surface area contributed by atoms with Crippen molar-refractivity contribution < 1.29 is 4.48 Å². The van der Waals surface area contributed by atoms with E-state index in [0.717, 1.165) is 23.4 Å². The summed E-state index contributed by atoms with van der Waals surface area (Å²) in [5.41, 5.74) is 2.38. The molecule has 0 atom stereocenters. The fourth-order valence-corrected chi connectivity index (χ4v) is 1.80. The van der Waals surface area contributed by atoms with E-state index in [0.29, 0.717) is 0 Å². The van der Waals surface area contributed by atoms with Gasteiger partial charge in [0.1, 0.15) is 0 Å². The Balaban J connectivity index is 2.11. The summed E-state index contributed by atoms with van der Waals surface area (Å²) in [6.07, 6.45) is 1.98. The van der Waals surface area contributed by atoms with Gasteiger partial charge in [0.05, 0.1) is 39.7 Å². The lowest BCUT2D eigenvalue weighted by Gasteiger charge is -2.23. The third-order valence-electron chi connectivity index (χ3n) is 2.86. The van der Waals surface area contributed by atoms with Gasteiger partial charge in [0.25, 0.3) is 0 Å². The van der Waals surface area contributed by atoms with Gasteiger partial charge < -0.3 is 9.80 Å². The number of likely N-dealkylation sites (N-methyl/N-ethyl adjacent to an activating group) is 1. The Bertz CT molecular complexity index is 508. The minimum Gasteiger partial charge on any atom is -0.363 e. The average Bonchev–Trinajstić information content (AvgIpc) is 2.55. The number of rotatable bonds is 4. The molecule has 2 aromatic rings. The van der Waals surface area contributed by atoms with Crippen LogP contribution in [0.4, 0.5) is 5.82 Å². The zero-order valence-electron chi connectivity index (χ0n) is 11.1. The van der Waals surface area contributed by atoms with Crippen LogP contribution in [0.5, 0.6) is 0 Å². The number of nitrogens with one attached hydrogen (secondary N) is 1. The van der Waals surface area contributed by atoms with Crippen LogP contribution in [0.25, 0.3) is 5.52 Å². The molecular formula is C13H21N4+. The second-order valence-electron chi connectivity index (χ2n) is 5.44. The van der Waals surface area contributed by atoms with Crippen LogP contribution in [0.2, 0.25) is 0 Å². The van der Waals surface area contributed by atoms with Crippen molar-refractivity contribution in [3.05, 3.63) is 30.0 Å². The Morgan fingerprint density at radius 1 is 1.29 bits per heavy atom. The van der Waals surface area contributed by atoms with Gasteiger partial charge in [-0.3, -0.25) is 0 Å². The average molecular weight is 233 g/mol. The second-order valence-corrected chi connectivity index (χ2v) is 5.44. The van der Waals surface area contributed by atoms with Gasteiger partial charge in [-0.1, -0.05) is 6.07 Å². The van der Waals surface area contributed by atoms with Crippen molar-refractivity contribution in [3.63, 3.8) is 0 Å². The summed E-state index contributed by atoms with van der Waals surface area (Å²) in [6.45, 7) is 4.12. The molecule has 2 rings (SSSR count). The first-order valence-corrected chi connectivity index (χ1v) is 5.96. The molecule has 2 heterocycles. The summed E-state index contributed by atoms with van der Waals surface area (Å²) in [6, 6.07) is 6.13. The van der Waals surface area contributed by atoms with Crippen molar-refractivity contribution in [1.29, 1.82) is 0 Å². The van der Waals surface area contributed by atoms with Gasteiger partial charge in [0.15, 0.2) is 5.82 Å². The maximum absolute atomic E-state index is 4.53. The van der Waals surface area contributed by atoms with E-state index in [-0.39, 0.29) is 0 Å². The monoisotopic (exact) mass is 233 g/mol. The van der Waals surface area contributed by atoms with Gasteiger partial charge in [-0.25, -0.2) is 4.52 Å². The first-order chi connectivity index (χ1) is 7.97. The van der Waals surface area contributed by atoms with E-state index in [2.05, 4.69) is 44.5 Å². The molecule has 4 heteroatoms. The van der Waals surface area contributed by atoms with E-state index >= 15 is 0 Å². The number of nitrogens with zero attached hydrogens (tertiary/aromatic N) is 3. The highest BCUT2D eigenvalue weighted by atomic mass is 15.3. The van der Waals surface area contributed by atoms with Crippen molar-refractivity contribution in [3.8, 4) is 0 Å². The minimum atomic E-state index is 0.939. The standard InChI is InChI=1S/C13H21N4/c1-11-12-7-5-6-9-16(12)15-13(11)14-8-10-17(2,3)4/h5-7,9H,8,10H2,1-4H3,(H,14,15)/q+1. The maximum Gasteiger partial charge on any atom is 0.152 e. The molecule has 0 saturated carbocycles. The normalized spacial score (nSPS) is 12.0. The van der Waals surface area contributed by atoms with Gasteiger partial charge in [-0.05, 0) is 19.1 Å². The Hall–Kier alpha value is -1.55. The molecule has 0 unspecified atom stereocenters. The number of fused-ring (bicyclic) bond motifs is 1. The Labute approximate surface area is 102 Å². The van der Waals surface area contributed by atoms with Crippen LogP contribution >= 0.6 is 0 Å². The van der Waals surface area contributed by atoms with Crippen LogP contribution in [-0.4, -0.2) is 48.3 Å². The SMILES string of the molecule is Cc1c(NCC[N+](C)(C)C)nn2ccccc12. The summed E-state index contributed by atoms with van der Waals surface area (Å²) in [7, 11) is 6.58. The molecule has 2 aromatic heterocycles. The van der Waals surface area contributed by atoms with Gasteiger partial charge in [0.2, 0.25) is 0 Å². The highest BCUT2D eigenvalue weighted by Crippen LogP contribution is 2.18. The number of hydrogen-bond donors (Lipinski definition) is 1. The molecule has 0 radical (unpaired) electrons. The van der Waals surface area contributed by atoms with E-state index in [1.807, 2.05) is 22.8 Å². The van der Waals surface area contributed by atoms with E-state index in [4.69, 9.17) is 0 Å². The molecule has 17 heavy (non-hydrogen) atoms. The summed E-state index contributed by atoms with van der Waals surface area (Å²) in [5.74, 6) is 0.990. The first-order valence-electron chi connectivity index (χ1n) is 5.96. The van der Waals surface area contributed by atoms with E-state index in [1.165, 1.54) is 11.1 Å². The van der Waals surface area contributed by atoms with Crippen LogP contribution in [-0.2, 0) is 0 Å². The molecule has 0 aromatic carbocycles. The number of anilines is 1. The van der Waals surface area contributed by atoms with Crippen molar-refractivity contribution in [2.24, 2.45) is 0 Å². The van der Waals surface area contributed by atoms with Crippen LogP contribution in [0.15, 0.2) is 24.4 Å². The molecule has 4 nitrogen and oxygen atoms in total. The quantitative estimate of drug-likeness (QED) is 0.815. The largest absolute Gasteiger partial charge is 0.363 e. The Kier molecular flexibility index (Phi) is 3.07. The zero-order valence-corrected chi connectivity index (χ0v) is 11.1. The molecule has 92 valence electrons. The molecular weight excluding hydrogens is 212 g/mol. The number of hydrogen-bond acceptors (Lipinski definition) is 2. The number of aryl methyl sites for hydroxylation is 1. The van der Waals surface area contributed by atoms with Gasteiger partial charge in [-0.2, -0.15) is 5.10 Å². The lowest BCUT2D eigenvalue weighted by atomic mass is 10.3. The minimum absolute atomic E-state index is 0.939. The number of quaternary nitrogens is 1. The maximum atomic E-state index is 4.53. The van der Waals surface area contributed by atoms with Crippen molar-refractivity contribution in [2.75, 3.05) is 39.5 Å². The smallest absolute Gasteiger partial charge is 0.152 e. The fourth-order valence-electron chi connectivity index (χ4n) is 1.80. The molecule has 0 aliphatic carbocycles. The summed E-state index contributed by atoms with van der Waals surface area (Å²) in [4.78, 5) is 0. The van der Waals surface area contributed by atoms with Crippen LogP contribution in [0.3, 0.4) is 0 Å². The van der Waals surface area contributed by atoms with Gasteiger partial charge >= 0.3 is 0 Å². The molecule has 0 saturated heterocycles. The summed E-state index contributed by atoms with van der Waals surface area (Å²) in [5, 5.41) is 7.94. The van der Waals surface area contributed by atoms with Crippen molar-refractivity contribution >= 4 is 11.3 Å². The predicted octanol–water partition coefficient (Wildman–Crippen LogP) is 1.76. The van der Waals surface area contributed by atoms with Gasteiger partial charge in [-0.15, -0.1) is 0 Å². The van der Waals surface area contributed by atoms with Crippen molar-refractivity contribution in [1.82, 2.24) is 9.61 Å². The van der Waals surface area contributed by atoms with E-state index in [1.54, 1.807) is 0 Å². The number of pyridine rings is 1. The molecule has 0 aliphatic heterocycles. The van der Waals surface area contributed by atoms with Crippen LogP contribution in [0, 0.1) is 6.92 Å². The lowest BCUT2D eigenvalue weighted by molar-refractivity contribution is -0.868. The number of aromatic nitrogens is 2. The molecule has 0 aliphatic rings. The Morgan fingerprint density at radius 3 is 2.71 bits per heavy atom. The van der Waals surface area contributed by atoms with E-state index < -0.39 is 0 Å². The highest BCUT2D eigenvalue weighted by molar-refractivity contribution is 5.64.